The first kappa shape index (κ1) is 22.0. The molecule has 4 atom stereocenters. The molecule has 0 spiro atoms. The lowest BCUT2D eigenvalue weighted by atomic mass is 10.0. The largest absolute Gasteiger partial charge is 0.453 e. The van der Waals surface area contributed by atoms with Gasteiger partial charge in [-0.3, -0.25) is 4.79 Å². The second kappa shape index (κ2) is 9.10. The lowest BCUT2D eigenvalue weighted by molar-refractivity contribution is -0.131. The summed E-state index contributed by atoms with van der Waals surface area (Å²) < 4.78 is 27.8. The fraction of sp³-hybridized carbons (Fsp3) is 0.375. The summed E-state index contributed by atoms with van der Waals surface area (Å²) in [6.45, 7) is 5.30. The van der Waals surface area contributed by atoms with Crippen LogP contribution in [0, 0.1) is 13.8 Å². The molecule has 2 fully saturated rings. The van der Waals surface area contributed by atoms with Gasteiger partial charge in [-0.25, -0.2) is 9.59 Å². The molecule has 8 heteroatoms. The smallest absolute Gasteiger partial charge is 0.342 e. The van der Waals surface area contributed by atoms with Crippen molar-refractivity contribution >= 4 is 17.9 Å². The van der Waals surface area contributed by atoms with Crippen LogP contribution < -0.4 is 4.74 Å². The number of hydrogen-bond acceptors (Lipinski definition) is 8. The van der Waals surface area contributed by atoms with Gasteiger partial charge in [-0.2, -0.15) is 0 Å². The first-order chi connectivity index (χ1) is 15.3. The van der Waals surface area contributed by atoms with E-state index in [9.17, 15) is 14.4 Å². The van der Waals surface area contributed by atoms with E-state index in [1.165, 1.54) is 19.1 Å². The Morgan fingerprint density at radius 2 is 1.38 bits per heavy atom. The third kappa shape index (κ3) is 4.37. The molecule has 0 amide bonds. The summed E-state index contributed by atoms with van der Waals surface area (Å²) >= 11 is 0. The molecule has 0 radical (unpaired) electrons. The number of para-hydroxylation sites is 1. The van der Waals surface area contributed by atoms with E-state index in [0.717, 1.165) is 11.1 Å². The van der Waals surface area contributed by atoms with Crippen molar-refractivity contribution < 1.29 is 38.1 Å². The number of ether oxygens (including phenoxy) is 5. The van der Waals surface area contributed by atoms with E-state index in [2.05, 4.69) is 0 Å². The normalized spacial score (nSPS) is 24.0. The van der Waals surface area contributed by atoms with Crippen LogP contribution in [0.25, 0.3) is 0 Å². The van der Waals surface area contributed by atoms with Gasteiger partial charge in [-0.1, -0.05) is 24.3 Å². The minimum atomic E-state index is -0.678. The Kier molecular flexibility index (Phi) is 6.25. The first-order valence-corrected chi connectivity index (χ1v) is 10.3. The minimum absolute atomic E-state index is 0.105. The molecule has 2 aliphatic heterocycles. The lowest BCUT2D eigenvalue weighted by Gasteiger charge is -2.18. The van der Waals surface area contributed by atoms with Gasteiger partial charge in [0.1, 0.15) is 23.5 Å². The van der Waals surface area contributed by atoms with E-state index in [4.69, 9.17) is 23.7 Å². The van der Waals surface area contributed by atoms with Crippen LogP contribution in [-0.2, 0) is 23.7 Å². The van der Waals surface area contributed by atoms with E-state index in [0.29, 0.717) is 5.56 Å². The van der Waals surface area contributed by atoms with Crippen LogP contribution in [0.4, 0.5) is 0 Å². The van der Waals surface area contributed by atoms with Gasteiger partial charge in [0.05, 0.1) is 18.8 Å². The summed E-state index contributed by atoms with van der Waals surface area (Å²) in [6, 6.07) is 11.8. The number of carbonyl (C=O) groups is 3. The minimum Gasteiger partial charge on any atom is -0.453 e. The van der Waals surface area contributed by atoms with E-state index in [1.807, 2.05) is 26.0 Å². The van der Waals surface area contributed by atoms with E-state index < -0.39 is 42.3 Å². The van der Waals surface area contributed by atoms with Crippen LogP contribution >= 0.6 is 0 Å². The van der Waals surface area contributed by atoms with Gasteiger partial charge in [-0.15, -0.1) is 0 Å². The molecule has 32 heavy (non-hydrogen) atoms. The zero-order valence-electron chi connectivity index (χ0n) is 18.0. The molecular weight excluding hydrogens is 416 g/mol. The zero-order valence-corrected chi connectivity index (χ0v) is 18.0. The Morgan fingerprint density at radius 3 is 2.00 bits per heavy atom. The van der Waals surface area contributed by atoms with Crippen LogP contribution in [0.3, 0.4) is 0 Å². The van der Waals surface area contributed by atoms with Crippen molar-refractivity contribution in [3.63, 3.8) is 0 Å². The number of benzene rings is 2. The van der Waals surface area contributed by atoms with Crippen LogP contribution in [0.2, 0.25) is 0 Å². The average molecular weight is 440 g/mol. The summed E-state index contributed by atoms with van der Waals surface area (Å²) in [6.07, 6.45) is -2.38. The van der Waals surface area contributed by atoms with Gasteiger partial charge in [0.2, 0.25) is 0 Å². The van der Waals surface area contributed by atoms with E-state index in [-0.39, 0.29) is 24.5 Å². The van der Waals surface area contributed by atoms with Crippen molar-refractivity contribution in [3.05, 3.63) is 64.7 Å². The summed E-state index contributed by atoms with van der Waals surface area (Å²) in [4.78, 5) is 36.7. The van der Waals surface area contributed by atoms with Gasteiger partial charge in [-0.05, 0) is 43.2 Å². The SMILES string of the molecule is CC(=O)Oc1ccccc1C(=O)OC1CO[C@H]2[C@@H]1OC[C@H]2OC(=O)c1cccc(C)c1C. The molecule has 2 aromatic carbocycles. The maximum Gasteiger partial charge on any atom is 0.342 e. The van der Waals surface area contributed by atoms with Gasteiger partial charge < -0.3 is 23.7 Å². The number of carbonyl (C=O) groups excluding carboxylic acids is 3. The van der Waals surface area contributed by atoms with Gasteiger partial charge in [0.25, 0.3) is 0 Å². The standard InChI is InChI=1S/C24H24O8/c1-13-7-6-9-16(14(13)2)23(26)31-19-11-28-22-20(12-29-21(19)22)32-24(27)17-8-4-5-10-18(17)30-15(3)25/h4-10,19-22H,11-12H2,1-3H3/t19-,20?,21-,22-/m1/s1. The fourth-order valence-corrected chi connectivity index (χ4v) is 3.88. The van der Waals surface area contributed by atoms with Crippen LogP contribution in [0.5, 0.6) is 5.75 Å². The number of aryl methyl sites for hydroxylation is 1. The first-order valence-electron chi connectivity index (χ1n) is 10.3. The quantitative estimate of drug-likeness (QED) is 0.517. The second-order valence-electron chi connectivity index (χ2n) is 7.82. The van der Waals surface area contributed by atoms with Gasteiger partial charge in [0, 0.05) is 6.92 Å². The third-order valence-electron chi connectivity index (χ3n) is 5.66. The molecule has 2 aliphatic rings. The lowest BCUT2D eigenvalue weighted by Crippen LogP contribution is -2.36. The van der Waals surface area contributed by atoms with Crippen LogP contribution in [0.15, 0.2) is 42.5 Å². The Bertz CT molecular complexity index is 1050. The van der Waals surface area contributed by atoms with Gasteiger partial charge in [0.15, 0.2) is 12.2 Å². The molecule has 4 rings (SSSR count). The maximum atomic E-state index is 12.7. The number of fused-ring (bicyclic) bond motifs is 1. The van der Waals surface area contributed by atoms with Crippen molar-refractivity contribution in [3.8, 4) is 5.75 Å². The zero-order chi connectivity index (χ0) is 22.8. The highest BCUT2D eigenvalue weighted by atomic mass is 16.7. The van der Waals surface area contributed by atoms with Crippen molar-refractivity contribution in [1.82, 2.24) is 0 Å². The highest BCUT2D eigenvalue weighted by Crippen LogP contribution is 2.32. The van der Waals surface area contributed by atoms with E-state index >= 15 is 0 Å². The topological polar surface area (TPSA) is 97.4 Å². The van der Waals surface area contributed by atoms with Crippen molar-refractivity contribution in [2.24, 2.45) is 0 Å². The number of rotatable bonds is 5. The van der Waals surface area contributed by atoms with Crippen molar-refractivity contribution in [2.45, 2.75) is 45.2 Å². The summed E-state index contributed by atoms with van der Waals surface area (Å²) in [5, 5.41) is 0. The molecule has 8 nitrogen and oxygen atoms in total. The molecule has 0 bridgehead atoms. The Morgan fingerprint density at radius 1 is 0.812 bits per heavy atom. The predicted octanol–water partition coefficient (Wildman–Crippen LogP) is 2.78. The molecule has 168 valence electrons. The molecule has 0 aromatic heterocycles. The van der Waals surface area contributed by atoms with Gasteiger partial charge >= 0.3 is 17.9 Å². The molecule has 2 aromatic rings. The van der Waals surface area contributed by atoms with Crippen LogP contribution in [0.1, 0.15) is 38.8 Å². The second-order valence-corrected chi connectivity index (χ2v) is 7.82. The molecule has 1 unspecified atom stereocenters. The number of esters is 3. The Labute approximate surface area is 185 Å². The monoisotopic (exact) mass is 440 g/mol. The Balaban J connectivity index is 1.40. The average Bonchev–Trinajstić information content (AvgIpc) is 3.33. The maximum absolute atomic E-state index is 12.7. The van der Waals surface area contributed by atoms with E-state index in [1.54, 1.807) is 18.2 Å². The molecular formula is C24H24O8. The summed E-state index contributed by atoms with van der Waals surface area (Å²) in [7, 11) is 0. The molecule has 2 saturated heterocycles. The molecule has 0 saturated carbocycles. The Hall–Kier alpha value is -3.23. The highest BCUT2D eigenvalue weighted by Gasteiger charge is 2.51. The van der Waals surface area contributed by atoms with Crippen LogP contribution in [-0.4, -0.2) is 55.5 Å². The number of hydrogen-bond donors (Lipinski definition) is 0. The fourth-order valence-electron chi connectivity index (χ4n) is 3.88. The highest BCUT2D eigenvalue weighted by molar-refractivity contribution is 5.93. The summed E-state index contributed by atoms with van der Waals surface area (Å²) in [5.74, 6) is -1.52. The summed E-state index contributed by atoms with van der Waals surface area (Å²) in [5.41, 5.74) is 2.48. The molecule has 0 aliphatic carbocycles. The predicted molar refractivity (Wildman–Crippen MR) is 112 cm³/mol. The third-order valence-corrected chi connectivity index (χ3v) is 5.66. The van der Waals surface area contributed by atoms with Crippen molar-refractivity contribution in [2.75, 3.05) is 13.2 Å². The molecule has 2 heterocycles. The molecule has 0 N–H and O–H groups in total. The van der Waals surface area contributed by atoms with Crippen molar-refractivity contribution in [1.29, 1.82) is 0 Å².